The molecule has 0 radical (unpaired) electrons. The number of para-hydroxylation sites is 1. The van der Waals surface area contributed by atoms with Gasteiger partial charge in [-0.25, -0.2) is 4.98 Å². The summed E-state index contributed by atoms with van der Waals surface area (Å²) in [7, 11) is 0. The Morgan fingerprint density at radius 2 is 2.00 bits per heavy atom. The lowest BCUT2D eigenvalue weighted by atomic mass is 10.1. The average Bonchev–Trinajstić information content (AvgIpc) is 3.56. The molecule has 0 bridgehead atoms. The molecule has 0 spiro atoms. The van der Waals surface area contributed by atoms with E-state index in [2.05, 4.69) is 50.5 Å². The van der Waals surface area contributed by atoms with Crippen molar-refractivity contribution in [2.45, 2.75) is 33.1 Å². The van der Waals surface area contributed by atoms with Gasteiger partial charge in [0.15, 0.2) is 5.82 Å². The quantitative estimate of drug-likeness (QED) is 0.237. The number of unbranched alkanes of at least 4 members (excludes halogenated alkanes) is 1. The van der Waals surface area contributed by atoms with Gasteiger partial charge in [-0.2, -0.15) is 5.10 Å². The number of pyridine rings is 2. The molecule has 7 nitrogen and oxygen atoms in total. The van der Waals surface area contributed by atoms with Crippen LogP contribution in [-0.2, 0) is 0 Å². The Morgan fingerprint density at radius 3 is 2.79 bits per heavy atom. The highest BCUT2D eigenvalue weighted by molar-refractivity contribution is 5.93. The third-order valence-corrected chi connectivity index (χ3v) is 6.38. The van der Waals surface area contributed by atoms with Crippen molar-refractivity contribution in [2.75, 3.05) is 5.32 Å². The molecule has 0 amide bonds. The highest BCUT2D eigenvalue weighted by Gasteiger charge is 2.14. The van der Waals surface area contributed by atoms with Gasteiger partial charge in [0.1, 0.15) is 5.69 Å². The van der Waals surface area contributed by atoms with Gasteiger partial charge >= 0.3 is 0 Å². The van der Waals surface area contributed by atoms with Crippen LogP contribution < -0.4 is 15.9 Å². The van der Waals surface area contributed by atoms with Crippen LogP contribution in [0.1, 0.15) is 38.7 Å². The minimum atomic E-state index is 0.674. The van der Waals surface area contributed by atoms with Crippen LogP contribution in [0.2, 0.25) is 0 Å². The Balaban J connectivity index is 1.52. The molecule has 5 rings (SSSR count). The van der Waals surface area contributed by atoms with Crippen molar-refractivity contribution in [3.63, 3.8) is 0 Å². The summed E-state index contributed by atoms with van der Waals surface area (Å²) in [5.41, 5.74) is 7.94. The molecule has 4 aromatic heterocycles. The lowest BCUT2D eigenvalue weighted by Gasteiger charge is -2.10. The third kappa shape index (κ3) is 5.18. The number of nitrogens with zero attached hydrogens (tertiary/aromatic N) is 4. The molecule has 1 aromatic carbocycles. The van der Waals surface area contributed by atoms with Crippen LogP contribution in [0.25, 0.3) is 51.5 Å². The molecule has 0 aliphatic rings. The first-order valence-electron chi connectivity index (χ1n) is 12.8. The number of H-pyrrole nitrogens is 2. The second-order valence-corrected chi connectivity index (χ2v) is 9.15. The molecule has 7 heteroatoms. The molecule has 0 unspecified atom stereocenters. The van der Waals surface area contributed by atoms with Crippen molar-refractivity contribution in [2.24, 2.45) is 0 Å². The van der Waals surface area contributed by atoms with E-state index in [1.54, 1.807) is 12.4 Å². The number of allylic oxidation sites excluding steroid dienone is 2. The van der Waals surface area contributed by atoms with Gasteiger partial charge in [-0.05, 0) is 55.7 Å². The summed E-state index contributed by atoms with van der Waals surface area (Å²) in [4.78, 5) is 17.3. The standard InChI is InChI=1S/C31H31N7/c1-5-7-11-21(4)34-23-17-22(18-32-19-23)20(3)16-25-26(6-2)37-38-30(25)31-35-28-14-10-12-24(29(28)36-31)27-13-8-9-15-33-27/h6,8-10,12-19,34,37H,3-5,7,11H2,1-2H3,(H,35,36)/b25-16+,26-6+. The van der Waals surface area contributed by atoms with Crippen molar-refractivity contribution >= 4 is 34.4 Å². The van der Waals surface area contributed by atoms with Gasteiger partial charge in [0.25, 0.3) is 0 Å². The number of aromatic amines is 2. The van der Waals surface area contributed by atoms with Crippen molar-refractivity contribution in [3.8, 4) is 22.8 Å². The van der Waals surface area contributed by atoms with E-state index in [0.717, 1.165) is 80.3 Å². The van der Waals surface area contributed by atoms with Crippen LogP contribution in [0.15, 0.2) is 79.9 Å². The van der Waals surface area contributed by atoms with Crippen LogP contribution in [0.3, 0.4) is 0 Å². The Kier molecular flexibility index (Phi) is 7.26. The van der Waals surface area contributed by atoms with Gasteiger partial charge in [0.05, 0.1) is 34.0 Å². The molecule has 3 N–H and O–H groups in total. The lowest BCUT2D eigenvalue weighted by Crippen LogP contribution is -2.23. The summed E-state index contributed by atoms with van der Waals surface area (Å²) in [5.74, 6) is 0.674. The van der Waals surface area contributed by atoms with Crippen molar-refractivity contribution in [3.05, 3.63) is 96.0 Å². The normalized spacial score (nSPS) is 12.3. The smallest absolute Gasteiger partial charge is 0.159 e. The highest BCUT2D eigenvalue weighted by Crippen LogP contribution is 2.27. The Morgan fingerprint density at radius 1 is 1.11 bits per heavy atom. The number of imidazole rings is 1. The monoisotopic (exact) mass is 501 g/mol. The second kappa shape index (κ2) is 11.1. The van der Waals surface area contributed by atoms with Crippen molar-refractivity contribution < 1.29 is 0 Å². The first-order valence-corrected chi connectivity index (χ1v) is 12.8. The Hall–Kier alpha value is -4.78. The van der Waals surface area contributed by atoms with Crippen LogP contribution in [-0.4, -0.2) is 30.1 Å². The van der Waals surface area contributed by atoms with Crippen LogP contribution >= 0.6 is 0 Å². The maximum atomic E-state index is 4.95. The van der Waals surface area contributed by atoms with Crippen LogP contribution in [0.4, 0.5) is 5.69 Å². The second-order valence-electron chi connectivity index (χ2n) is 9.15. The molecular formula is C31H31N7. The summed E-state index contributed by atoms with van der Waals surface area (Å²) >= 11 is 0. The SMILES string of the molecule is C=C(CCCC)Nc1cncc(C(=C)/C=c2/c(-c3nc4c(-c5ccccn5)cccc4[nH]3)n[nH]/c2=C/C)c1. The summed E-state index contributed by atoms with van der Waals surface area (Å²) in [6, 6.07) is 14.0. The van der Waals surface area contributed by atoms with Gasteiger partial charge in [-0.1, -0.05) is 50.8 Å². The van der Waals surface area contributed by atoms with Gasteiger partial charge in [-0.15, -0.1) is 0 Å². The molecule has 0 saturated carbocycles. The van der Waals surface area contributed by atoms with E-state index in [4.69, 9.17) is 4.98 Å². The Labute approximate surface area is 221 Å². The van der Waals surface area contributed by atoms with Crippen molar-refractivity contribution in [1.82, 2.24) is 30.1 Å². The fourth-order valence-electron chi connectivity index (χ4n) is 4.38. The summed E-state index contributed by atoms with van der Waals surface area (Å²) in [5, 5.41) is 12.9. The zero-order chi connectivity index (χ0) is 26.5. The minimum absolute atomic E-state index is 0.674. The van der Waals surface area contributed by atoms with E-state index in [1.807, 2.05) is 67.7 Å². The maximum absolute atomic E-state index is 4.95. The average molecular weight is 502 g/mol. The van der Waals surface area contributed by atoms with Gasteiger partial charge in [0, 0.05) is 34.4 Å². The molecule has 190 valence electrons. The van der Waals surface area contributed by atoms with E-state index < -0.39 is 0 Å². The molecule has 38 heavy (non-hydrogen) atoms. The number of anilines is 1. The van der Waals surface area contributed by atoms with E-state index in [1.165, 1.54) is 0 Å². The summed E-state index contributed by atoms with van der Waals surface area (Å²) < 4.78 is 0. The predicted molar refractivity (Wildman–Crippen MR) is 156 cm³/mol. The van der Waals surface area contributed by atoms with E-state index in [0.29, 0.717) is 5.82 Å². The predicted octanol–water partition coefficient (Wildman–Crippen LogP) is 5.82. The molecule has 0 atom stereocenters. The zero-order valence-electron chi connectivity index (χ0n) is 21.8. The van der Waals surface area contributed by atoms with Crippen LogP contribution in [0, 0.1) is 0 Å². The number of benzene rings is 1. The first kappa shape index (κ1) is 24.9. The topological polar surface area (TPSA) is 95.2 Å². The fourth-order valence-corrected chi connectivity index (χ4v) is 4.38. The lowest BCUT2D eigenvalue weighted by molar-refractivity contribution is 0.791. The number of hydrogen-bond donors (Lipinski definition) is 3. The number of nitrogens with one attached hydrogen (secondary N) is 3. The number of hydrogen-bond acceptors (Lipinski definition) is 5. The van der Waals surface area contributed by atoms with E-state index in [9.17, 15) is 0 Å². The van der Waals surface area contributed by atoms with E-state index >= 15 is 0 Å². The maximum Gasteiger partial charge on any atom is 0.159 e. The molecule has 0 aliphatic heterocycles. The summed E-state index contributed by atoms with van der Waals surface area (Å²) in [6.45, 7) is 12.6. The Bertz CT molecular complexity index is 1730. The third-order valence-electron chi connectivity index (χ3n) is 6.38. The fraction of sp³-hybridized carbons (Fsp3) is 0.161. The highest BCUT2D eigenvalue weighted by atomic mass is 15.1. The molecule has 0 fully saturated rings. The van der Waals surface area contributed by atoms with E-state index in [-0.39, 0.29) is 0 Å². The zero-order valence-corrected chi connectivity index (χ0v) is 21.8. The first-order chi connectivity index (χ1) is 18.6. The summed E-state index contributed by atoms with van der Waals surface area (Å²) in [6.07, 6.45) is 12.6. The van der Waals surface area contributed by atoms with Gasteiger partial charge in [0.2, 0.25) is 0 Å². The molecule has 4 heterocycles. The largest absolute Gasteiger partial charge is 0.358 e. The van der Waals surface area contributed by atoms with Gasteiger partial charge in [-0.3, -0.25) is 15.1 Å². The number of fused-ring (bicyclic) bond motifs is 1. The molecule has 5 aromatic rings. The molecular weight excluding hydrogens is 470 g/mol. The van der Waals surface area contributed by atoms with Gasteiger partial charge < -0.3 is 10.3 Å². The van der Waals surface area contributed by atoms with Crippen LogP contribution in [0.5, 0.6) is 0 Å². The van der Waals surface area contributed by atoms with Crippen molar-refractivity contribution in [1.29, 1.82) is 0 Å². The number of aromatic nitrogens is 6. The molecule has 0 aliphatic carbocycles. The number of rotatable bonds is 9. The molecule has 0 saturated heterocycles. The minimum Gasteiger partial charge on any atom is -0.358 e.